The number of piperidine rings is 1. The Labute approximate surface area is 181 Å². The van der Waals surface area contributed by atoms with E-state index < -0.39 is 17.7 Å². The van der Waals surface area contributed by atoms with Crippen LogP contribution >= 0.6 is 11.3 Å². The lowest BCUT2D eigenvalue weighted by Gasteiger charge is -2.32. The number of alkyl halides is 3. The molecule has 1 aromatic heterocycles. The number of anilines is 2. The van der Waals surface area contributed by atoms with Crippen LogP contribution < -0.4 is 10.6 Å². The van der Waals surface area contributed by atoms with Crippen LogP contribution in [-0.4, -0.2) is 48.1 Å². The average molecular weight is 456 g/mol. The van der Waals surface area contributed by atoms with Gasteiger partial charge in [-0.3, -0.25) is 5.32 Å². The second-order valence-electron chi connectivity index (χ2n) is 7.04. The van der Waals surface area contributed by atoms with Crippen molar-refractivity contribution >= 4 is 34.2 Å². The number of hydrogen-bond donors (Lipinski definition) is 2. The van der Waals surface area contributed by atoms with E-state index in [2.05, 4.69) is 15.6 Å². The Morgan fingerprint density at radius 1 is 1.26 bits per heavy atom. The zero-order valence-electron chi connectivity index (χ0n) is 16.9. The quantitative estimate of drug-likeness (QED) is 0.616. The van der Waals surface area contributed by atoms with Gasteiger partial charge in [0, 0.05) is 30.7 Å². The van der Waals surface area contributed by atoms with E-state index in [4.69, 9.17) is 4.74 Å². The standard InChI is InChI=1S/C20H23F3N4O3S/c1-2-30-17(28)16-12-31-18(25-16)26-19(29)27-9-7-13(8-10-27)11-24-15-6-4-3-5-14(15)20(21,22)23/h3-6,12-13,24H,2,7-11H2,1H3,(H,25,26,29). The highest BCUT2D eigenvalue weighted by molar-refractivity contribution is 7.14. The second-order valence-corrected chi connectivity index (χ2v) is 7.90. The highest BCUT2D eigenvalue weighted by Crippen LogP contribution is 2.34. The van der Waals surface area contributed by atoms with E-state index in [1.807, 2.05) is 0 Å². The summed E-state index contributed by atoms with van der Waals surface area (Å²) in [6.45, 7) is 3.30. The summed E-state index contributed by atoms with van der Waals surface area (Å²) in [5.41, 5.74) is -0.472. The lowest BCUT2D eigenvalue weighted by atomic mass is 9.96. The smallest absolute Gasteiger partial charge is 0.418 e. The maximum Gasteiger partial charge on any atom is 0.418 e. The zero-order valence-corrected chi connectivity index (χ0v) is 17.7. The van der Waals surface area contributed by atoms with Crippen molar-refractivity contribution in [1.29, 1.82) is 0 Å². The Bertz CT molecular complexity index is 911. The van der Waals surface area contributed by atoms with Crippen molar-refractivity contribution in [1.82, 2.24) is 9.88 Å². The van der Waals surface area contributed by atoms with Gasteiger partial charge < -0.3 is 15.0 Å². The van der Waals surface area contributed by atoms with Crippen molar-refractivity contribution in [3.8, 4) is 0 Å². The number of nitrogens with one attached hydrogen (secondary N) is 2. The topological polar surface area (TPSA) is 83.6 Å². The van der Waals surface area contributed by atoms with Crippen molar-refractivity contribution in [3.63, 3.8) is 0 Å². The van der Waals surface area contributed by atoms with Crippen molar-refractivity contribution in [3.05, 3.63) is 40.9 Å². The Morgan fingerprint density at radius 2 is 1.97 bits per heavy atom. The summed E-state index contributed by atoms with van der Waals surface area (Å²) < 4.78 is 44.2. The molecule has 1 aliphatic rings. The van der Waals surface area contributed by atoms with Crippen molar-refractivity contribution < 1.29 is 27.5 Å². The molecule has 168 valence electrons. The van der Waals surface area contributed by atoms with Gasteiger partial charge in [-0.2, -0.15) is 13.2 Å². The molecule has 11 heteroatoms. The van der Waals surface area contributed by atoms with Gasteiger partial charge in [-0.1, -0.05) is 12.1 Å². The number of esters is 1. The summed E-state index contributed by atoms with van der Waals surface area (Å²) in [6, 6.07) is 5.09. The van der Waals surface area contributed by atoms with Crippen LogP contribution in [0.2, 0.25) is 0 Å². The molecule has 2 N–H and O–H groups in total. The Hall–Kier alpha value is -2.82. The van der Waals surface area contributed by atoms with E-state index in [9.17, 15) is 22.8 Å². The predicted octanol–water partition coefficient (Wildman–Crippen LogP) is 4.69. The summed E-state index contributed by atoms with van der Waals surface area (Å²) >= 11 is 1.13. The average Bonchev–Trinajstić information content (AvgIpc) is 3.21. The fraction of sp³-hybridized carbons (Fsp3) is 0.450. The van der Waals surface area contributed by atoms with Gasteiger partial charge in [0.1, 0.15) is 0 Å². The Kier molecular flexibility index (Phi) is 7.37. The molecule has 1 aromatic carbocycles. The predicted molar refractivity (Wildman–Crippen MR) is 111 cm³/mol. The summed E-state index contributed by atoms with van der Waals surface area (Å²) in [5, 5.41) is 7.40. The number of para-hydroxylation sites is 1. The molecule has 0 aliphatic carbocycles. The van der Waals surface area contributed by atoms with E-state index in [0.29, 0.717) is 37.6 Å². The lowest BCUT2D eigenvalue weighted by molar-refractivity contribution is -0.137. The number of carbonyl (C=O) groups is 2. The first-order valence-electron chi connectivity index (χ1n) is 9.86. The van der Waals surface area contributed by atoms with Crippen LogP contribution in [0.25, 0.3) is 0 Å². The maximum absolute atomic E-state index is 13.1. The number of ether oxygens (including phenoxy) is 1. The van der Waals surface area contributed by atoms with Crippen LogP contribution in [0.4, 0.5) is 28.8 Å². The van der Waals surface area contributed by atoms with Crippen LogP contribution in [-0.2, 0) is 10.9 Å². The van der Waals surface area contributed by atoms with Crippen LogP contribution in [0, 0.1) is 5.92 Å². The molecular formula is C20H23F3N4O3S. The number of hydrogen-bond acceptors (Lipinski definition) is 6. The first kappa shape index (κ1) is 22.9. The molecule has 0 radical (unpaired) electrons. The summed E-state index contributed by atoms with van der Waals surface area (Å²) in [7, 11) is 0. The van der Waals surface area contributed by atoms with Gasteiger partial charge in [0.2, 0.25) is 0 Å². The monoisotopic (exact) mass is 456 g/mol. The molecule has 2 heterocycles. The maximum atomic E-state index is 13.1. The largest absolute Gasteiger partial charge is 0.461 e. The van der Waals surface area contributed by atoms with Crippen molar-refractivity contribution in [2.24, 2.45) is 5.92 Å². The highest BCUT2D eigenvalue weighted by atomic mass is 32.1. The SMILES string of the molecule is CCOC(=O)c1csc(NC(=O)N2CCC(CNc3ccccc3C(F)(F)F)CC2)n1. The molecule has 31 heavy (non-hydrogen) atoms. The second kappa shape index (κ2) is 9.99. The Morgan fingerprint density at radius 3 is 2.65 bits per heavy atom. The van der Waals surface area contributed by atoms with Gasteiger partial charge in [-0.15, -0.1) is 11.3 Å². The number of likely N-dealkylation sites (tertiary alicyclic amines) is 1. The number of benzene rings is 1. The van der Waals surface area contributed by atoms with Crippen LogP contribution in [0.5, 0.6) is 0 Å². The van der Waals surface area contributed by atoms with Gasteiger partial charge in [-0.25, -0.2) is 14.6 Å². The van der Waals surface area contributed by atoms with Gasteiger partial charge in [-0.05, 0) is 37.8 Å². The van der Waals surface area contributed by atoms with Crippen molar-refractivity contribution in [2.45, 2.75) is 25.9 Å². The first-order valence-corrected chi connectivity index (χ1v) is 10.7. The van der Waals surface area contributed by atoms with Crippen molar-refractivity contribution in [2.75, 3.05) is 36.9 Å². The minimum absolute atomic E-state index is 0.0661. The minimum atomic E-state index is -4.41. The molecule has 0 bridgehead atoms. The zero-order chi connectivity index (χ0) is 22.4. The van der Waals surface area contributed by atoms with Gasteiger partial charge in [0.15, 0.2) is 10.8 Å². The summed E-state index contributed by atoms with van der Waals surface area (Å²) in [6.07, 6.45) is -3.07. The minimum Gasteiger partial charge on any atom is -0.461 e. The lowest BCUT2D eigenvalue weighted by Crippen LogP contribution is -2.42. The van der Waals surface area contributed by atoms with Crippen LogP contribution in [0.3, 0.4) is 0 Å². The third-order valence-electron chi connectivity index (χ3n) is 4.92. The number of nitrogens with zero attached hydrogens (tertiary/aromatic N) is 2. The molecule has 3 rings (SSSR count). The molecular weight excluding hydrogens is 433 g/mol. The third kappa shape index (κ3) is 6.09. The number of thiazole rings is 1. The number of amides is 2. The van der Waals surface area contributed by atoms with Crippen LogP contribution in [0.15, 0.2) is 29.6 Å². The molecule has 2 aromatic rings. The number of urea groups is 1. The van der Waals surface area contributed by atoms with E-state index in [-0.39, 0.29) is 29.9 Å². The number of rotatable bonds is 6. The molecule has 7 nitrogen and oxygen atoms in total. The molecule has 2 amide bonds. The molecule has 0 saturated carbocycles. The van der Waals surface area contributed by atoms with Crippen LogP contribution in [0.1, 0.15) is 35.8 Å². The number of carbonyl (C=O) groups excluding carboxylic acids is 2. The fourth-order valence-corrected chi connectivity index (χ4v) is 3.95. The number of halogens is 3. The molecule has 0 unspecified atom stereocenters. The van der Waals surface area contributed by atoms with Gasteiger partial charge in [0.25, 0.3) is 0 Å². The van der Waals surface area contributed by atoms with E-state index in [0.717, 1.165) is 17.4 Å². The van der Waals surface area contributed by atoms with Gasteiger partial charge >= 0.3 is 18.2 Å². The Balaban J connectivity index is 1.47. The number of aromatic nitrogens is 1. The summed E-state index contributed by atoms with van der Waals surface area (Å²) in [4.78, 5) is 29.8. The molecule has 1 saturated heterocycles. The van der Waals surface area contributed by atoms with E-state index >= 15 is 0 Å². The molecule has 1 fully saturated rings. The molecule has 0 spiro atoms. The molecule has 1 aliphatic heterocycles. The normalized spacial score (nSPS) is 14.9. The molecule has 0 atom stereocenters. The highest BCUT2D eigenvalue weighted by Gasteiger charge is 2.33. The first-order chi connectivity index (χ1) is 14.8. The van der Waals surface area contributed by atoms with Gasteiger partial charge in [0.05, 0.1) is 12.2 Å². The van der Waals surface area contributed by atoms with E-state index in [1.54, 1.807) is 17.9 Å². The third-order valence-corrected chi connectivity index (χ3v) is 5.68. The summed E-state index contributed by atoms with van der Waals surface area (Å²) in [5.74, 6) is -0.389. The van der Waals surface area contributed by atoms with E-state index in [1.165, 1.54) is 17.5 Å². The fourth-order valence-electron chi connectivity index (χ4n) is 3.28.